The Morgan fingerprint density at radius 1 is 0.667 bits per heavy atom. The van der Waals surface area contributed by atoms with Crippen LogP contribution in [0.3, 0.4) is 0 Å². The molecule has 0 amide bonds. The van der Waals surface area contributed by atoms with Crippen molar-refractivity contribution in [3.05, 3.63) is 0 Å². The summed E-state index contributed by atoms with van der Waals surface area (Å²) in [6, 6.07) is 0. The van der Waals surface area contributed by atoms with Gasteiger partial charge in [-0.05, 0) is 12.8 Å². The zero-order valence-corrected chi connectivity index (χ0v) is 10.6. The molecule has 0 aromatic heterocycles. The number of aliphatic hydroxyl groups is 2. The Morgan fingerprint density at radius 3 is 1.17 bits per heavy atom. The highest BCUT2D eigenvalue weighted by molar-refractivity contribution is 5.05. The fourth-order valence-corrected chi connectivity index (χ4v) is 2.93. The summed E-state index contributed by atoms with van der Waals surface area (Å²) in [6.45, 7) is 3.86. The predicted octanol–water partition coefficient (Wildman–Crippen LogP) is -0.238. The minimum atomic E-state index is -0.823. The molecule has 3 aliphatic rings. The first-order chi connectivity index (χ1) is 8.65. The largest absolute Gasteiger partial charge is 0.387 e. The first kappa shape index (κ1) is 12.8. The molecule has 3 fully saturated rings. The lowest BCUT2D eigenvalue weighted by molar-refractivity contribution is -0.152. The van der Waals surface area contributed by atoms with E-state index in [4.69, 9.17) is 18.9 Å². The molecule has 3 rings (SSSR count). The molecule has 18 heavy (non-hydrogen) atoms. The Hall–Kier alpha value is -0.240. The Bertz CT molecular complexity index is 257. The van der Waals surface area contributed by atoms with Gasteiger partial charge in [-0.15, -0.1) is 0 Å². The van der Waals surface area contributed by atoms with Gasteiger partial charge >= 0.3 is 0 Å². The maximum absolute atomic E-state index is 10.3. The van der Waals surface area contributed by atoms with Crippen molar-refractivity contribution in [2.24, 2.45) is 0 Å². The van der Waals surface area contributed by atoms with Crippen molar-refractivity contribution in [1.29, 1.82) is 0 Å². The maximum atomic E-state index is 10.3. The second kappa shape index (κ2) is 4.70. The summed E-state index contributed by atoms with van der Waals surface area (Å²) in [7, 11) is 0. The fourth-order valence-electron chi connectivity index (χ4n) is 2.93. The van der Waals surface area contributed by atoms with Gasteiger partial charge in [0.1, 0.15) is 36.6 Å². The van der Waals surface area contributed by atoms with Crippen LogP contribution in [-0.4, -0.2) is 59.4 Å². The first-order valence-corrected chi connectivity index (χ1v) is 6.63. The molecule has 1 aliphatic carbocycles. The molecule has 2 heterocycles. The number of rotatable bonds is 2. The van der Waals surface area contributed by atoms with E-state index in [-0.39, 0.29) is 12.6 Å². The second-order valence-corrected chi connectivity index (χ2v) is 5.06. The van der Waals surface area contributed by atoms with E-state index in [1.54, 1.807) is 0 Å². The predicted molar refractivity (Wildman–Crippen MR) is 59.7 cm³/mol. The molecule has 2 unspecified atom stereocenters. The molecular weight excluding hydrogens is 240 g/mol. The van der Waals surface area contributed by atoms with Crippen molar-refractivity contribution in [2.75, 3.05) is 0 Å². The zero-order valence-electron chi connectivity index (χ0n) is 10.6. The third-order valence-electron chi connectivity index (χ3n) is 3.90. The number of aliphatic hydroxyl groups excluding tert-OH is 2. The van der Waals surface area contributed by atoms with Gasteiger partial charge in [0.2, 0.25) is 0 Å². The maximum Gasteiger partial charge on any atom is 0.158 e. The van der Waals surface area contributed by atoms with E-state index in [9.17, 15) is 10.2 Å². The molecule has 0 spiro atoms. The van der Waals surface area contributed by atoms with Gasteiger partial charge in [-0.2, -0.15) is 0 Å². The Kier molecular flexibility index (Phi) is 3.34. The van der Waals surface area contributed by atoms with Gasteiger partial charge in [0, 0.05) is 0 Å². The minimum absolute atomic E-state index is 0.370. The molecule has 104 valence electrons. The lowest BCUT2D eigenvalue weighted by Crippen LogP contribution is -2.61. The van der Waals surface area contributed by atoms with Gasteiger partial charge in [0.05, 0.1) is 0 Å². The third kappa shape index (κ3) is 1.79. The molecule has 0 radical (unpaired) electrons. The van der Waals surface area contributed by atoms with E-state index in [1.807, 2.05) is 13.8 Å². The molecule has 8 atom stereocenters. The van der Waals surface area contributed by atoms with E-state index < -0.39 is 36.6 Å². The van der Waals surface area contributed by atoms with Crippen LogP contribution in [0, 0.1) is 0 Å². The fraction of sp³-hybridized carbons (Fsp3) is 1.00. The van der Waals surface area contributed by atoms with Gasteiger partial charge in [0.15, 0.2) is 12.6 Å². The van der Waals surface area contributed by atoms with Crippen LogP contribution in [0.15, 0.2) is 0 Å². The van der Waals surface area contributed by atoms with Crippen molar-refractivity contribution in [1.82, 2.24) is 0 Å². The van der Waals surface area contributed by atoms with Crippen molar-refractivity contribution < 1.29 is 29.2 Å². The third-order valence-corrected chi connectivity index (χ3v) is 3.90. The lowest BCUT2D eigenvalue weighted by atomic mass is 9.85. The smallest absolute Gasteiger partial charge is 0.158 e. The molecular formula is C12H20O6. The number of fused-ring (bicyclic) bond motifs is 2. The summed E-state index contributed by atoms with van der Waals surface area (Å²) in [5.74, 6) is 0. The Labute approximate surface area is 106 Å². The average Bonchev–Trinajstić information content (AvgIpc) is 3.00. The number of ether oxygens (including phenoxy) is 4. The molecule has 6 nitrogen and oxygen atoms in total. The van der Waals surface area contributed by atoms with Crippen molar-refractivity contribution in [3.63, 3.8) is 0 Å². The van der Waals surface area contributed by atoms with Crippen LogP contribution in [0.5, 0.6) is 0 Å². The van der Waals surface area contributed by atoms with E-state index in [1.165, 1.54) is 0 Å². The molecule has 2 saturated heterocycles. The van der Waals surface area contributed by atoms with E-state index in [0.717, 1.165) is 0 Å². The monoisotopic (exact) mass is 260 g/mol. The number of hydrogen-bond donors (Lipinski definition) is 2. The van der Waals surface area contributed by atoms with Crippen LogP contribution in [0.4, 0.5) is 0 Å². The summed E-state index contributed by atoms with van der Waals surface area (Å²) in [5.41, 5.74) is 0. The highest BCUT2D eigenvalue weighted by Crippen LogP contribution is 2.39. The van der Waals surface area contributed by atoms with Gasteiger partial charge in [-0.1, -0.05) is 13.8 Å². The average molecular weight is 260 g/mol. The van der Waals surface area contributed by atoms with E-state index in [2.05, 4.69) is 0 Å². The van der Waals surface area contributed by atoms with Crippen LogP contribution >= 0.6 is 0 Å². The van der Waals surface area contributed by atoms with Crippen LogP contribution in [-0.2, 0) is 18.9 Å². The molecule has 2 aliphatic heterocycles. The van der Waals surface area contributed by atoms with Crippen LogP contribution in [0.25, 0.3) is 0 Å². The molecule has 0 aromatic rings. The molecule has 2 N–H and O–H groups in total. The topological polar surface area (TPSA) is 77.4 Å². The first-order valence-electron chi connectivity index (χ1n) is 6.63. The second-order valence-electron chi connectivity index (χ2n) is 5.06. The summed E-state index contributed by atoms with van der Waals surface area (Å²) < 4.78 is 22.4. The summed E-state index contributed by atoms with van der Waals surface area (Å²) in [5, 5.41) is 20.5. The number of hydrogen-bond acceptors (Lipinski definition) is 6. The molecule has 0 aromatic carbocycles. The minimum Gasteiger partial charge on any atom is -0.387 e. The van der Waals surface area contributed by atoms with Gasteiger partial charge < -0.3 is 29.2 Å². The highest BCUT2D eigenvalue weighted by Gasteiger charge is 2.59. The molecule has 0 bridgehead atoms. The van der Waals surface area contributed by atoms with Crippen molar-refractivity contribution in [2.45, 2.75) is 75.9 Å². The standard InChI is InChI=1S/C12H20O6/c1-3-5-15-9-7(13)11-12(8(14)10(9)16-5)18-6(4-2)17-11/h5-14H,3-4H2,1-2H3/t5?,6?,7-,8-,9-,10-,11-,12+/m0/s1. The van der Waals surface area contributed by atoms with Gasteiger partial charge in [0.25, 0.3) is 0 Å². The molecule has 1 saturated carbocycles. The van der Waals surface area contributed by atoms with Gasteiger partial charge in [-0.25, -0.2) is 0 Å². The Balaban J connectivity index is 1.79. The van der Waals surface area contributed by atoms with Crippen molar-refractivity contribution in [3.8, 4) is 0 Å². The Morgan fingerprint density at radius 2 is 0.944 bits per heavy atom. The normalized spacial score (nSPS) is 55.3. The summed E-state index contributed by atoms with van der Waals surface area (Å²) >= 11 is 0. The van der Waals surface area contributed by atoms with Crippen molar-refractivity contribution >= 4 is 0 Å². The SMILES string of the molecule is CCC1O[C@@H]2[C@@H](O)[C@@H]3OC(CC)O[C@H]3[C@H](O)[C@@H]2O1. The lowest BCUT2D eigenvalue weighted by Gasteiger charge is -2.38. The van der Waals surface area contributed by atoms with E-state index in [0.29, 0.717) is 12.8 Å². The molecule has 6 heteroatoms. The van der Waals surface area contributed by atoms with Gasteiger partial charge in [-0.3, -0.25) is 0 Å². The summed E-state index contributed by atoms with van der Waals surface area (Å²) in [4.78, 5) is 0. The van der Waals surface area contributed by atoms with Crippen LogP contribution in [0.2, 0.25) is 0 Å². The highest BCUT2D eigenvalue weighted by atomic mass is 16.8. The van der Waals surface area contributed by atoms with E-state index >= 15 is 0 Å². The summed E-state index contributed by atoms with van der Waals surface area (Å²) in [6.07, 6.45) is -3.17. The van der Waals surface area contributed by atoms with Crippen LogP contribution in [0.1, 0.15) is 26.7 Å². The van der Waals surface area contributed by atoms with Crippen LogP contribution < -0.4 is 0 Å². The quantitative estimate of drug-likeness (QED) is 0.713. The zero-order chi connectivity index (χ0) is 12.9.